The summed E-state index contributed by atoms with van der Waals surface area (Å²) in [6.07, 6.45) is 0. The molecule has 0 aromatic heterocycles. The van der Waals surface area contributed by atoms with Gasteiger partial charge in [-0.25, -0.2) is 4.79 Å². The number of rotatable bonds is 6. The van der Waals surface area contributed by atoms with E-state index in [0.717, 1.165) is 0 Å². The molecule has 9 heteroatoms. The first kappa shape index (κ1) is 22.3. The molecule has 4 rings (SSSR count). The number of esters is 1. The van der Waals surface area contributed by atoms with Gasteiger partial charge in [0.2, 0.25) is 0 Å². The first-order valence-corrected chi connectivity index (χ1v) is 10.6. The minimum atomic E-state index is -2.55. The Morgan fingerprint density at radius 3 is 2.15 bits per heavy atom. The number of halogens is 2. The van der Waals surface area contributed by atoms with Crippen LogP contribution in [0, 0.1) is 0 Å². The quantitative estimate of drug-likeness (QED) is 0.330. The summed E-state index contributed by atoms with van der Waals surface area (Å²) in [4.78, 5) is 50.9. The maximum atomic E-state index is 13.0. The van der Waals surface area contributed by atoms with Gasteiger partial charge in [-0.2, -0.15) is 8.78 Å². The van der Waals surface area contributed by atoms with Crippen LogP contribution in [0.1, 0.15) is 42.2 Å². The van der Waals surface area contributed by atoms with Gasteiger partial charge in [-0.05, 0) is 30.3 Å². The molecular weight excluding hydrogens is 452 g/mol. The number of amides is 1. The summed E-state index contributed by atoms with van der Waals surface area (Å²) in [6.45, 7) is -0.644. The summed E-state index contributed by atoms with van der Waals surface area (Å²) in [5, 5.41) is 2.49. The van der Waals surface area contributed by atoms with E-state index in [-0.39, 0.29) is 33.6 Å². The molecule has 3 aromatic carbocycles. The summed E-state index contributed by atoms with van der Waals surface area (Å²) >= 11 is 0.378. The van der Waals surface area contributed by atoms with E-state index in [1.165, 1.54) is 48.5 Å². The molecule has 0 bridgehead atoms. The topological polar surface area (TPSA) is 89.5 Å². The van der Waals surface area contributed by atoms with Crippen molar-refractivity contribution in [2.75, 3.05) is 11.9 Å². The second kappa shape index (κ2) is 9.33. The molecule has 6 nitrogen and oxygen atoms in total. The molecule has 0 aliphatic heterocycles. The number of thioether (sulfide) groups is 1. The molecule has 0 heterocycles. The SMILES string of the molecule is O=C(COC(=O)c1cccc2c1C(=O)c1ccccc1C2=O)Nc1ccc(SC(F)F)cc1. The number of alkyl halides is 2. The third-order valence-electron chi connectivity index (χ3n) is 4.87. The summed E-state index contributed by atoms with van der Waals surface area (Å²) in [5.41, 5.74) is 0.725. The minimum absolute atomic E-state index is 0.0567. The van der Waals surface area contributed by atoms with Gasteiger partial charge in [-0.15, -0.1) is 0 Å². The van der Waals surface area contributed by atoms with E-state index in [4.69, 9.17) is 4.74 Å². The Bertz CT molecular complexity index is 1270. The van der Waals surface area contributed by atoms with Crippen molar-refractivity contribution in [3.05, 3.63) is 94.5 Å². The standard InChI is InChI=1S/C24H15F2NO5S/c25-24(26)33-14-10-8-13(9-11-14)27-19(28)12-32-23(31)18-7-3-6-17-20(18)22(30)16-5-2-1-4-15(16)21(17)29/h1-11,24H,12H2,(H,27,28). The maximum Gasteiger partial charge on any atom is 0.339 e. The zero-order chi connectivity index (χ0) is 23.5. The fourth-order valence-corrected chi connectivity index (χ4v) is 3.94. The Balaban J connectivity index is 1.45. The van der Waals surface area contributed by atoms with Crippen LogP contribution >= 0.6 is 11.8 Å². The first-order valence-electron chi connectivity index (χ1n) is 9.68. The van der Waals surface area contributed by atoms with E-state index >= 15 is 0 Å². The third kappa shape index (κ3) is 4.68. The third-order valence-corrected chi connectivity index (χ3v) is 5.59. The average Bonchev–Trinajstić information content (AvgIpc) is 2.81. The van der Waals surface area contributed by atoms with Crippen molar-refractivity contribution in [1.82, 2.24) is 0 Å². The number of benzene rings is 3. The van der Waals surface area contributed by atoms with E-state index in [0.29, 0.717) is 22.3 Å². The Morgan fingerprint density at radius 1 is 0.848 bits per heavy atom. The maximum absolute atomic E-state index is 13.0. The molecule has 0 fully saturated rings. The van der Waals surface area contributed by atoms with Crippen molar-refractivity contribution in [3.8, 4) is 0 Å². The molecule has 0 spiro atoms. The highest BCUT2D eigenvalue weighted by atomic mass is 32.2. The number of anilines is 1. The van der Waals surface area contributed by atoms with E-state index < -0.39 is 30.0 Å². The van der Waals surface area contributed by atoms with Crippen molar-refractivity contribution in [3.63, 3.8) is 0 Å². The highest BCUT2D eigenvalue weighted by Crippen LogP contribution is 2.30. The lowest BCUT2D eigenvalue weighted by Gasteiger charge is -2.19. The van der Waals surface area contributed by atoms with Crippen LogP contribution in [0.15, 0.2) is 71.6 Å². The van der Waals surface area contributed by atoms with Crippen LogP contribution in [-0.4, -0.2) is 35.8 Å². The van der Waals surface area contributed by atoms with Crippen LogP contribution in [0.5, 0.6) is 0 Å². The van der Waals surface area contributed by atoms with E-state index in [2.05, 4.69) is 5.32 Å². The van der Waals surface area contributed by atoms with Crippen LogP contribution < -0.4 is 5.32 Å². The highest BCUT2D eigenvalue weighted by molar-refractivity contribution is 7.99. The Kier molecular flexibility index (Phi) is 6.32. The number of ketones is 2. The number of carbonyl (C=O) groups excluding carboxylic acids is 4. The predicted molar refractivity (Wildman–Crippen MR) is 117 cm³/mol. The number of carbonyl (C=O) groups is 4. The molecule has 1 aliphatic carbocycles. The molecule has 1 N–H and O–H groups in total. The van der Waals surface area contributed by atoms with Gasteiger partial charge in [-0.1, -0.05) is 48.2 Å². The lowest BCUT2D eigenvalue weighted by atomic mass is 9.82. The van der Waals surface area contributed by atoms with Gasteiger partial charge < -0.3 is 10.1 Å². The van der Waals surface area contributed by atoms with Gasteiger partial charge in [0.1, 0.15) is 0 Å². The van der Waals surface area contributed by atoms with Crippen LogP contribution in [0.25, 0.3) is 0 Å². The van der Waals surface area contributed by atoms with Crippen molar-refractivity contribution in [2.24, 2.45) is 0 Å². The molecule has 1 aliphatic rings. The molecule has 166 valence electrons. The van der Waals surface area contributed by atoms with Gasteiger partial charge in [0.25, 0.3) is 11.7 Å². The van der Waals surface area contributed by atoms with Gasteiger partial charge in [0.15, 0.2) is 18.2 Å². The summed E-state index contributed by atoms with van der Waals surface area (Å²) in [6, 6.07) is 16.4. The number of nitrogens with one attached hydrogen (secondary N) is 1. The smallest absolute Gasteiger partial charge is 0.339 e. The van der Waals surface area contributed by atoms with Crippen LogP contribution in [0.2, 0.25) is 0 Å². The van der Waals surface area contributed by atoms with Crippen LogP contribution in [-0.2, 0) is 9.53 Å². The number of hydrogen-bond donors (Lipinski definition) is 1. The van der Waals surface area contributed by atoms with E-state index in [9.17, 15) is 28.0 Å². The summed E-state index contributed by atoms with van der Waals surface area (Å²) < 4.78 is 29.8. The molecule has 0 unspecified atom stereocenters. The fraction of sp³-hybridized carbons (Fsp3) is 0.0833. The predicted octanol–water partition coefficient (Wildman–Crippen LogP) is 4.57. The van der Waals surface area contributed by atoms with Gasteiger partial charge in [-0.3, -0.25) is 14.4 Å². The molecule has 1 amide bonds. The molecule has 0 atom stereocenters. The molecule has 0 saturated carbocycles. The Hall–Kier alpha value is -3.85. The molecule has 0 radical (unpaired) electrons. The second-order valence-corrected chi connectivity index (χ2v) is 8.02. The normalized spacial score (nSPS) is 12.2. The number of hydrogen-bond acceptors (Lipinski definition) is 6. The Labute approximate surface area is 190 Å². The number of ether oxygens (including phenoxy) is 1. The highest BCUT2D eigenvalue weighted by Gasteiger charge is 2.33. The zero-order valence-electron chi connectivity index (χ0n) is 16.8. The lowest BCUT2D eigenvalue weighted by Crippen LogP contribution is -2.26. The van der Waals surface area contributed by atoms with Gasteiger partial charge in [0.05, 0.1) is 5.56 Å². The lowest BCUT2D eigenvalue weighted by molar-refractivity contribution is -0.119. The van der Waals surface area contributed by atoms with Crippen LogP contribution in [0.3, 0.4) is 0 Å². The minimum Gasteiger partial charge on any atom is -0.452 e. The van der Waals surface area contributed by atoms with Crippen molar-refractivity contribution >= 4 is 40.9 Å². The summed E-state index contributed by atoms with van der Waals surface area (Å²) in [7, 11) is 0. The average molecular weight is 467 g/mol. The summed E-state index contributed by atoms with van der Waals surface area (Å²) in [5.74, 6) is -4.98. The fourth-order valence-electron chi connectivity index (χ4n) is 3.44. The second-order valence-electron chi connectivity index (χ2n) is 6.96. The van der Waals surface area contributed by atoms with Crippen molar-refractivity contribution < 1.29 is 32.7 Å². The van der Waals surface area contributed by atoms with E-state index in [1.54, 1.807) is 18.2 Å². The Morgan fingerprint density at radius 2 is 1.48 bits per heavy atom. The first-order chi connectivity index (χ1) is 15.8. The molecule has 0 saturated heterocycles. The zero-order valence-corrected chi connectivity index (χ0v) is 17.7. The van der Waals surface area contributed by atoms with Crippen LogP contribution in [0.4, 0.5) is 14.5 Å². The van der Waals surface area contributed by atoms with Gasteiger partial charge in [0, 0.05) is 32.8 Å². The molecule has 33 heavy (non-hydrogen) atoms. The largest absolute Gasteiger partial charge is 0.452 e. The van der Waals surface area contributed by atoms with Gasteiger partial charge >= 0.3 is 5.97 Å². The molecule has 3 aromatic rings. The monoisotopic (exact) mass is 467 g/mol. The van der Waals surface area contributed by atoms with E-state index in [1.807, 2.05) is 0 Å². The van der Waals surface area contributed by atoms with Crippen molar-refractivity contribution in [1.29, 1.82) is 0 Å². The number of fused-ring (bicyclic) bond motifs is 2. The van der Waals surface area contributed by atoms with Crippen molar-refractivity contribution in [2.45, 2.75) is 10.7 Å². The molecular formula is C24H15F2NO5S.